The van der Waals surface area contributed by atoms with Crippen LogP contribution in [0.1, 0.15) is 53.4 Å². The van der Waals surface area contributed by atoms with Crippen LogP contribution < -0.4 is 5.32 Å². The smallest absolute Gasteiger partial charge is 0.410 e. The molecule has 1 fully saturated rings. The zero-order valence-electron chi connectivity index (χ0n) is 13.3. The molecule has 1 rings (SSSR count). The Morgan fingerprint density at radius 3 is 2.80 bits per heavy atom. The van der Waals surface area contributed by atoms with Crippen molar-refractivity contribution in [1.29, 1.82) is 0 Å². The summed E-state index contributed by atoms with van der Waals surface area (Å²) >= 11 is 0. The fourth-order valence-electron chi connectivity index (χ4n) is 2.49. The summed E-state index contributed by atoms with van der Waals surface area (Å²) in [4.78, 5) is 13.9. The molecule has 0 aliphatic carbocycles. The largest absolute Gasteiger partial charge is 0.444 e. The average Bonchev–Trinajstić information content (AvgIpc) is 2.34. The molecule has 0 bridgehead atoms. The van der Waals surface area contributed by atoms with Gasteiger partial charge in [-0.25, -0.2) is 4.79 Å². The van der Waals surface area contributed by atoms with E-state index in [0.29, 0.717) is 18.6 Å². The Balaban J connectivity index is 2.40. The number of ether oxygens (including phenoxy) is 1. The van der Waals surface area contributed by atoms with Crippen molar-refractivity contribution >= 4 is 6.09 Å². The van der Waals surface area contributed by atoms with Crippen molar-refractivity contribution in [2.45, 2.75) is 71.1 Å². The monoisotopic (exact) mass is 286 g/mol. The number of likely N-dealkylation sites (tertiary alicyclic amines) is 1. The van der Waals surface area contributed by atoms with Crippen LogP contribution in [-0.4, -0.2) is 53.5 Å². The second-order valence-electron chi connectivity index (χ2n) is 6.70. The lowest BCUT2D eigenvalue weighted by molar-refractivity contribution is 0.0183. The molecule has 0 saturated carbocycles. The van der Waals surface area contributed by atoms with Crippen molar-refractivity contribution in [1.82, 2.24) is 10.2 Å². The first-order valence-electron chi connectivity index (χ1n) is 7.66. The molecule has 0 radical (unpaired) electrons. The average molecular weight is 286 g/mol. The van der Waals surface area contributed by atoms with Crippen LogP contribution in [0.3, 0.4) is 0 Å². The molecule has 1 saturated heterocycles. The van der Waals surface area contributed by atoms with E-state index < -0.39 is 5.60 Å². The Bertz CT molecular complexity index is 302. The van der Waals surface area contributed by atoms with Gasteiger partial charge >= 0.3 is 6.09 Å². The van der Waals surface area contributed by atoms with Crippen molar-refractivity contribution in [3.05, 3.63) is 0 Å². The SMILES string of the molecule is C[C@H](CCCO)N[C@H]1CCCN(C(=O)OC(C)(C)C)C1. The number of carbonyl (C=O) groups is 1. The van der Waals surface area contributed by atoms with Crippen molar-refractivity contribution in [3.8, 4) is 0 Å². The number of piperidine rings is 1. The first kappa shape index (κ1) is 17.2. The predicted molar refractivity (Wildman–Crippen MR) is 79.7 cm³/mol. The third kappa shape index (κ3) is 6.57. The lowest BCUT2D eigenvalue weighted by atomic mass is 10.0. The van der Waals surface area contributed by atoms with Crippen LogP contribution in [0.5, 0.6) is 0 Å². The highest BCUT2D eigenvalue weighted by Gasteiger charge is 2.27. The van der Waals surface area contributed by atoms with Gasteiger partial charge in [0.15, 0.2) is 0 Å². The summed E-state index contributed by atoms with van der Waals surface area (Å²) in [7, 11) is 0. The van der Waals surface area contributed by atoms with Gasteiger partial charge in [-0.3, -0.25) is 0 Å². The van der Waals surface area contributed by atoms with E-state index in [1.54, 1.807) is 4.90 Å². The summed E-state index contributed by atoms with van der Waals surface area (Å²) in [5.41, 5.74) is -0.439. The van der Waals surface area contributed by atoms with Crippen LogP contribution in [0.2, 0.25) is 0 Å². The summed E-state index contributed by atoms with van der Waals surface area (Å²) in [5, 5.41) is 12.4. The van der Waals surface area contributed by atoms with E-state index in [-0.39, 0.29) is 12.7 Å². The standard InChI is InChI=1S/C15H30N2O3/c1-12(7-6-10-18)16-13-8-5-9-17(11-13)14(19)20-15(2,3)4/h12-13,16,18H,5-11H2,1-4H3/t12-,13+/m1/s1. The minimum Gasteiger partial charge on any atom is -0.444 e. The van der Waals surface area contributed by atoms with Gasteiger partial charge in [0.1, 0.15) is 5.60 Å². The summed E-state index contributed by atoms with van der Waals surface area (Å²) in [6.45, 7) is 9.52. The van der Waals surface area contributed by atoms with Gasteiger partial charge in [-0.15, -0.1) is 0 Å². The normalized spacial score (nSPS) is 21.6. The Kier molecular flexibility index (Phi) is 6.76. The predicted octanol–water partition coefficient (Wildman–Crippen LogP) is 2.14. The van der Waals surface area contributed by atoms with Crippen molar-refractivity contribution in [2.24, 2.45) is 0 Å². The van der Waals surface area contributed by atoms with Gasteiger partial charge in [0.25, 0.3) is 0 Å². The number of nitrogens with one attached hydrogen (secondary N) is 1. The summed E-state index contributed by atoms with van der Waals surface area (Å²) in [5.74, 6) is 0. The van der Waals surface area contributed by atoms with Gasteiger partial charge in [0, 0.05) is 31.8 Å². The molecule has 1 aliphatic rings. The van der Waals surface area contributed by atoms with Crippen LogP contribution in [-0.2, 0) is 4.74 Å². The van der Waals surface area contributed by atoms with E-state index in [9.17, 15) is 4.79 Å². The summed E-state index contributed by atoms with van der Waals surface area (Å²) in [6, 6.07) is 0.690. The molecule has 0 unspecified atom stereocenters. The van der Waals surface area contributed by atoms with E-state index in [4.69, 9.17) is 9.84 Å². The molecule has 5 heteroatoms. The Morgan fingerprint density at radius 1 is 1.50 bits per heavy atom. The van der Waals surface area contributed by atoms with Crippen LogP contribution in [0.25, 0.3) is 0 Å². The lowest BCUT2D eigenvalue weighted by Gasteiger charge is -2.35. The molecule has 0 aromatic heterocycles. The quantitative estimate of drug-likeness (QED) is 0.813. The minimum absolute atomic E-state index is 0.216. The highest BCUT2D eigenvalue weighted by molar-refractivity contribution is 5.68. The van der Waals surface area contributed by atoms with Gasteiger partial charge < -0.3 is 20.1 Å². The number of rotatable bonds is 5. The second kappa shape index (κ2) is 7.84. The van der Waals surface area contributed by atoms with Crippen LogP contribution >= 0.6 is 0 Å². The van der Waals surface area contributed by atoms with E-state index in [1.807, 2.05) is 20.8 Å². The molecule has 0 aromatic rings. The Hall–Kier alpha value is -0.810. The van der Waals surface area contributed by atoms with Crippen LogP contribution in [0.15, 0.2) is 0 Å². The molecule has 2 N–H and O–H groups in total. The molecule has 0 aromatic carbocycles. The van der Waals surface area contributed by atoms with Gasteiger partial charge in [-0.2, -0.15) is 0 Å². The molecule has 2 atom stereocenters. The van der Waals surface area contributed by atoms with Crippen molar-refractivity contribution < 1.29 is 14.6 Å². The number of amides is 1. The van der Waals surface area contributed by atoms with Gasteiger partial charge in [0.2, 0.25) is 0 Å². The van der Waals surface area contributed by atoms with Gasteiger partial charge in [-0.1, -0.05) is 0 Å². The zero-order valence-corrected chi connectivity index (χ0v) is 13.3. The maximum absolute atomic E-state index is 12.1. The number of hydrogen-bond donors (Lipinski definition) is 2. The van der Waals surface area contributed by atoms with E-state index in [0.717, 1.165) is 32.2 Å². The third-order valence-corrected chi connectivity index (χ3v) is 3.39. The lowest BCUT2D eigenvalue weighted by Crippen LogP contribution is -2.51. The van der Waals surface area contributed by atoms with Crippen LogP contribution in [0, 0.1) is 0 Å². The second-order valence-corrected chi connectivity index (χ2v) is 6.70. The maximum Gasteiger partial charge on any atom is 0.410 e. The molecule has 1 heterocycles. The number of carbonyl (C=O) groups excluding carboxylic acids is 1. The molecule has 0 spiro atoms. The number of hydrogen-bond acceptors (Lipinski definition) is 4. The van der Waals surface area contributed by atoms with Crippen molar-refractivity contribution in [2.75, 3.05) is 19.7 Å². The number of nitrogens with zero attached hydrogens (tertiary/aromatic N) is 1. The first-order valence-corrected chi connectivity index (χ1v) is 7.66. The zero-order chi connectivity index (χ0) is 15.2. The fraction of sp³-hybridized carbons (Fsp3) is 0.933. The molecule has 20 heavy (non-hydrogen) atoms. The highest BCUT2D eigenvalue weighted by atomic mass is 16.6. The molecular formula is C15H30N2O3. The molecule has 118 valence electrons. The topological polar surface area (TPSA) is 61.8 Å². The van der Waals surface area contributed by atoms with E-state index >= 15 is 0 Å². The van der Waals surface area contributed by atoms with Gasteiger partial charge in [0.05, 0.1) is 0 Å². The van der Waals surface area contributed by atoms with E-state index in [1.165, 1.54) is 0 Å². The number of aliphatic hydroxyl groups is 1. The minimum atomic E-state index is -0.439. The summed E-state index contributed by atoms with van der Waals surface area (Å²) < 4.78 is 5.42. The summed E-state index contributed by atoms with van der Waals surface area (Å²) in [6.07, 6.45) is 3.65. The molecule has 1 amide bonds. The first-order chi connectivity index (χ1) is 9.31. The maximum atomic E-state index is 12.1. The fourth-order valence-corrected chi connectivity index (χ4v) is 2.49. The highest BCUT2D eigenvalue weighted by Crippen LogP contribution is 2.16. The van der Waals surface area contributed by atoms with Crippen molar-refractivity contribution in [3.63, 3.8) is 0 Å². The third-order valence-electron chi connectivity index (χ3n) is 3.39. The van der Waals surface area contributed by atoms with Crippen LogP contribution in [0.4, 0.5) is 4.79 Å². The molecule has 5 nitrogen and oxygen atoms in total. The number of aliphatic hydroxyl groups excluding tert-OH is 1. The van der Waals surface area contributed by atoms with E-state index in [2.05, 4.69) is 12.2 Å². The Labute approximate surface area is 122 Å². The molecular weight excluding hydrogens is 256 g/mol. The Morgan fingerprint density at radius 2 is 2.20 bits per heavy atom. The molecule has 1 aliphatic heterocycles. The van der Waals surface area contributed by atoms with Gasteiger partial charge in [-0.05, 0) is 53.4 Å².